The van der Waals surface area contributed by atoms with Crippen LogP contribution in [0.15, 0.2) is 35.8 Å². The number of aromatic nitrogens is 3. The summed E-state index contributed by atoms with van der Waals surface area (Å²) in [5.41, 5.74) is 4.81. The molecule has 0 saturated carbocycles. The van der Waals surface area contributed by atoms with E-state index in [1.807, 2.05) is 36.1 Å². The molecule has 0 radical (unpaired) electrons. The summed E-state index contributed by atoms with van der Waals surface area (Å²) < 4.78 is 5.03. The summed E-state index contributed by atoms with van der Waals surface area (Å²) in [5, 5.41) is 4.42. The lowest BCUT2D eigenvalue weighted by atomic mass is 10.1. The molecule has 0 aliphatic carbocycles. The molecule has 2 aromatic heterocycles. The molecule has 136 valence electrons. The maximum Gasteiger partial charge on any atom is 0.300 e. The molecule has 6 heteroatoms. The van der Waals surface area contributed by atoms with E-state index in [1.165, 1.54) is 22.5 Å². The zero-order chi connectivity index (χ0) is 19.0. The van der Waals surface area contributed by atoms with Crippen molar-refractivity contribution in [1.29, 1.82) is 0 Å². The van der Waals surface area contributed by atoms with Gasteiger partial charge in [-0.2, -0.15) is 10.1 Å². The van der Waals surface area contributed by atoms with E-state index >= 15 is 0 Å². The summed E-state index contributed by atoms with van der Waals surface area (Å²) in [6.07, 6.45) is 1.82. The Labute approximate surface area is 157 Å². The van der Waals surface area contributed by atoms with Gasteiger partial charge in [0.1, 0.15) is 0 Å². The molecule has 0 saturated heterocycles. The van der Waals surface area contributed by atoms with Crippen molar-refractivity contribution in [2.24, 2.45) is 4.99 Å². The van der Waals surface area contributed by atoms with Crippen LogP contribution in [0.2, 0.25) is 0 Å². The van der Waals surface area contributed by atoms with Crippen LogP contribution < -0.4 is 4.80 Å². The van der Waals surface area contributed by atoms with Crippen LogP contribution in [0, 0.1) is 20.8 Å². The second-order valence-corrected chi connectivity index (χ2v) is 7.82. The maximum atomic E-state index is 12.7. The first-order valence-electron chi connectivity index (χ1n) is 8.68. The maximum absolute atomic E-state index is 12.7. The van der Waals surface area contributed by atoms with Crippen LogP contribution in [0.25, 0.3) is 10.2 Å². The number of aryl methyl sites for hydroxylation is 3. The van der Waals surface area contributed by atoms with Crippen molar-refractivity contribution < 1.29 is 4.79 Å². The first-order valence-corrected chi connectivity index (χ1v) is 9.50. The van der Waals surface area contributed by atoms with Crippen molar-refractivity contribution in [2.75, 3.05) is 0 Å². The van der Waals surface area contributed by atoms with Gasteiger partial charge < -0.3 is 4.57 Å². The average molecular weight is 369 g/mol. The van der Waals surface area contributed by atoms with Crippen LogP contribution in [0.1, 0.15) is 47.2 Å². The molecular formula is C20H24N4OS. The molecule has 0 aliphatic rings. The minimum absolute atomic E-state index is 0.206. The second-order valence-electron chi connectivity index (χ2n) is 6.84. The van der Waals surface area contributed by atoms with Crippen LogP contribution in [-0.2, 0) is 6.54 Å². The van der Waals surface area contributed by atoms with E-state index in [0.717, 1.165) is 15.9 Å². The Hall–Kier alpha value is -2.47. The number of carbonyl (C=O) groups is 1. The van der Waals surface area contributed by atoms with Gasteiger partial charge in [0.15, 0.2) is 10.5 Å². The Morgan fingerprint density at radius 1 is 1.31 bits per heavy atom. The van der Waals surface area contributed by atoms with Gasteiger partial charge >= 0.3 is 0 Å². The molecule has 0 atom stereocenters. The Morgan fingerprint density at radius 2 is 2.04 bits per heavy atom. The number of thiazole rings is 1. The van der Waals surface area contributed by atoms with E-state index < -0.39 is 0 Å². The van der Waals surface area contributed by atoms with E-state index in [2.05, 4.69) is 42.7 Å². The SMILES string of the molecule is C=CCn1c(=NC(=O)c2cc(C)n(C(C)C)n2)sc2c(C)cc(C)cc21. The Bertz CT molecular complexity index is 1070. The zero-order valence-corrected chi connectivity index (χ0v) is 16.7. The van der Waals surface area contributed by atoms with E-state index in [1.54, 1.807) is 6.07 Å². The lowest BCUT2D eigenvalue weighted by Gasteiger charge is -2.06. The minimum Gasteiger partial charge on any atom is -0.312 e. The van der Waals surface area contributed by atoms with E-state index in [9.17, 15) is 4.79 Å². The van der Waals surface area contributed by atoms with Crippen molar-refractivity contribution >= 4 is 27.5 Å². The molecule has 3 rings (SSSR count). The smallest absolute Gasteiger partial charge is 0.300 e. The molecule has 1 amide bonds. The monoisotopic (exact) mass is 368 g/mol. The summed E-state index contributed by atoms with van der Waals surface area (Å²) in [5.74, 6) is -0.314. The lowest BCUT2D eigenvalue weighted by Crippen LogP contribution is -2.16. The van der Waals surface area contributed by atoms with Gasteiger partial charge in [0, 0.05) is 18.3 Å². The Balaban J connectivity index is 2.16. The van der Waals surface area contributed by atoms with Gasteiger partial charge in [0.25, 0.3) is 5.91 Å². The molecule has 2 heterocycles. The highest BCUT2D eigenvalue weighted by atomic mass is 32.1. The largest absolute Gasteiger partial charge is 0.312 e. The highest BCUT2D eigenvalue weighted by Crippen LogP contribution is 2.23. The Kier molecular flexibility index (Phi) is 4.96. The van der Waals surface area contributed by atoms with Gasteiger partial charge in [-0.15, -0.1) is 6.58 Å². The van der Waals surface area contributed by atoms with Crippen LogP contribution in [-0.4, -0.2) is 20.3 Å². The molecule has 0 aliphatic heterocycles. The number of rotatable bonds is 4. The lowest BCUT2D eigenvalue weighted by molar-refractivity contribution is 0.0992. The summed E-state index contributed by atoms with van der Waals surface area (Å²) >= 11 is 1.53. The highest BCUT2D eigenvalue weighted by molar-refractivity contribution is 7.16. The summed E-state index contributed by atoms with van der Waals surface area (Å²) in [4.78, 5) is 17.8. The summed E-state index contributed by atoms with van der Waals surface area (Å²) in [6.45, 7) is 14.6. The first-order chi connectivity index (χ1) is 12.3. The fourth-order valence-electron chi connectivity index (χ4n) is 3.16. The molecule has 5 nitrogen and oxygen atoms in total. The zero-order valence-electron chi connectivity index (χ0n) is 15.9. The van der Waals surface area contributed by atoms with Crippen molar-refractivity contribution in [3.8, 4) is 0 Å². The number of fused-ring (bicyclic) bond motifs is 1. The third kappa shape index (κ3) is 3.29. The molecule has 0 fully saturated rings. The number of benzene rings is 1. The predicted molar refractivity (Wildman–Crippen MR) is 107 cm³/mol. The number of hydrogen-bond acceptors (Lipinski definition) is 3. The van der Waals surface area contributed by atoms with Crippen molar-refractivity contribution in [3.05, 3.63) is 58.2 Å². The van der Waals surface area contributed by atoms with E-state index in [0.29, 0.717) is 17.0 Å². The van der Waals surface area contributed by atoms with Gasteiger partial charge in [-0.25, -0.2) is 0 Å². The second kappa shape index (κ2) is 7.03. The number of allylic oxidation sites excluding steroid dienone is 1. The summed E-state index contributed by atoms with van der Waals surface area (Å²) in [7, 11) is 0. The molecule has 0 spiro atoms. The van der Waals surface area contributed by atoms with Crippen LogP contribution in [0.5, 0.6) is 0 Å². The first kappa shape index (κ1) is 18.3. The standard InChI is InChI=1S/C20H24N4OS/c1-7-8-23-17-10-13(4)9-14(5)18(17)26-20(23)21-19(25)16-11-15(6)24(22-16)12(2)3/h7,9-12H,1,8H2,2-6H3. The quantitative estimate of drug-likeness (QED) is 0.644. The summed E-state index contributed by atoms with van der Waals surface area (Å²) in [6, 6.07) is 6.28. The molecule has 0 unspecified atom stereocenters. The number of amides is 1. The molecule has 0 bridgehead atoms. The number of hydrogen-bond donors (Lipinski definition) is 0. The minimum atomic E-state index is -0.314. The topological polar surface area (TPSA) is 52.2 Å². The average Bonchev–Trinajstić information content (AvgIpc) is 3.10. The van der Waals surface area contributed by atoms with Crippen LogP contribution >= 0.6 is 11.3 Å². The predicted octanol–water partition coefficient (Wildman–Crippen LogP) is 4.33. The fraction of sp³-hybridized carbons (Fsp3) is 0.350. The van der Waals surface area contributed by atoms with Gasteiger partial charge in [-0.05, 0) is 57.9 Å². The number of nitrogens with zero attached hydrogens (tertiary/aromatic N) is 4. The van der Waals surface area contributed by atoms with Gasteiger partial charge in [-0.3, -0.25) is 9.48 Å². The van der Waals surface area contributed by atoms with Crippen LogP contribution in [0.4, 0.5) is 0 Å². The molecule has 1 aromatic carbocycles. The van der Waals surface area contributed by atoms with Crippen LogP contribution in [0.3, 0.4) is 0 Å². The molecule has 0 N–H and O–H groups in total. The van der Waals surface area contributed by atoms with E-state index in [-0.39, 0.29) is 11.9 Å². The van der Waals surface area contributed by atoms with Gasteiger partial charge in [0.2, 0.25) is 0 Å². The molecule has 26 heavy (non-hydrogen) atoms. The normalized spacial score (nSPS) is 12.3. The van der Waals surface area contributed by atoms with Gasteiger partial charge in [0.05, 0.1) is 10.2 Å². The third-order valence-electron chi connectivity index (χ3n) is 4.25. The number of carbonyl (C=O) groups excluding carboxylic acids is 1. The molecule has 3 aromatic rings. The Morgan fingerprint density at radius 3 is 2.65 bits per heavy atom. The van der Waals surface area contributed by atoms with Crippen molar-refractivity contribution in [2.45, 2.75) is 47.2 Å². The highest BCUT2D eigenvalue weighted by Gasteiger charge is 2.15. The van der Waals surface area contributed by atoms with Crippen molar-refractivity contribution in [1.82, 2.24) is 14.3 Å². The third-order valence-corrected chi connectivity index (χ3v) is 5.48. The van der Waals surface area contributed by atoms with Gasteiger partial charge in [-0.1, -0.05) is 23.5 Å². The van der Waals surface area contributed by atoms with Crippen molar-refractivity contribution in [3.63, 3.8) is 0 Å². The fourth-order valence-corrected chi connectivity index (χ4v) is 4.25. The molecular weight excluding hydrogens is 344 g/mol. The van der Waals surface area contributed by atoms with E-state index in [4.69, 9.17) is 0 Å².